The Bertz CT molecular complexity index is 506. The lowest BCUT2D eigenvalue weighted by Gasteiger charge is -2.36. The standard InChI is InChI=1S/C13H20N4O4/c1-14-13(19)12-15-11(21-16-12)6-17-2-3-20-10-5-8(7-18)4-9(10)17/h8-10,18H,2-7H2,1H3,(H,14,19)/t8-,9+,10+/m1/s1. The molecule has 3 atom stereocenters. The summed E-state index contributed by atoms with van der Waals surface area (Å²) in [6.45, 7) is 2.16. The monoisotopic (exact) mass is 296 g/mol. The molecular weight excluding hydrogens is 276 g/mol. The van der Waals surface area contributed by atoms with E-state index in [2.05, 4.69) is 20.4 Å². The number of amides is 1. The summed E-state index contributed by atoms with van der Waals surface area (Å²) in [4.78, 5) is 17.8. The lowest BCUT2D eigenvalue weighted by Crippen LogP contribution is -2.47. The first-order valence-corrected chi connectivity index (χ1v) is 7.22. The molecule has 116 valence electrons. The van der Waals surface area contributed by atoms with E-state index in [1.54, 1.807) is 0 Å². The highest BCUT2D eigenvalue weighted by atomic mass is 16.5. The van der Waals surface area contributed by atoms with Crippen molar-refractivity contribution in [3.8, 4) is 0 Å². The maximum Gasteiger partial charge on any atom is 0.292 e. The van der Waals surface area contributed by atoms with E-state index >= 15 is 0 Å². The summed E-state index contributed by atoms with van der Waals surface area (Å²) in [5.74, 6) is 0.425. The van der Waals surface area contributed by atoms with Gasteiger partial charge in [0.15, 0.2) is 0 Å². The maximum atomic E-state index is 11.4. The fourth-order valence-electron chi connectivity index (χ4n) is 3.17. The molecule has 0 radical (unpaired) electrons. The molecule has 1 aliphatic heterocycles. The highest BCUT2D eigenvalue weighted by Gasteiger charge is 2.41. The van der Waals surface area contributed by atoms with Crippen LogP contribution in [-0.4, -0.2) is 65.0 Å². The second-order valence-electron chi connectivity index (χ2n) is 5.56. The van der Waals surface area contributed by atoms with Gasteiger partial charge in [-0.1, -0.05) is 5.16 Å². The molecule has 2 aliphatic rings. The van der Waals surface area contributed by atoms with Crippen molar-refractivity contribution in [2.24, 2.45) is 5.92 Å². The van der Waals surface area contributed by atoms with Crippen LogP contribution in [0.3, 0.4) is 0 Å². The van der Waals surface area contributed by atoms with Crippen LogP contribution in [0.5, 0.6) is 0 Å². The number of aromatic nitrogens is 2. The Morgan fingerprint density at radius 3 is 3.14 bits per heavy atom. The van der Waals surface area contributed by atoms with Gasteiger partial charge in [0.2, 0.25) is 5.89 Å². The molecular formula is C13H20N4O4. The number of morpholine rings is 1. The molecule has 0 unspecified atom stereocenters. The summed E-state index contributed by atoms with van der Waals surface area (Å²) < 4.78 is 10.9. The quantitative estimate of drug-likeness (QED) is 0.765. The summed E-state index contributed by atoms with van der Waals surface area (Å²) in [5, 5.41) is 15.5. The number of hydrogen-bond donors (Lipinski definition) is 2. The van der Waals surface area contributed by atoms with Gasteiger partial charge in [-0.2, -0.15) is 4.98 Å². The molecule has 0 spiro atoms. The van der Waals surface area contributed by atoms with E-state index in [1.165, 1.54) is 7.05 Å². The summed E-state index contributed by atoms with van der Waals surface area (Å²) in [6.07, 6.45) is 1.97. The van der Waals surface area contributed by atoms with Crippen LogP contribution in [0.25, 0.3) is 0 Å². The van der Waals surface area contributed by atoms with Crippen molar-refractivity contribution in [2.45, 2.75) is 31.5 Å². The second kappa shape index (κ2) is 6.08. The van der Waals surface area contributed by atoms with Crippen LogP contribution in [-0.2, 0) is 11.3 Å². The van der Waals surface area contributed by atoms with Gasteiger partial charge in [0.1, 0.15) is 0 Å². The first-order chi connectivity index (χ1) is 10.2. The van der Waals surface area contributed by atoms with Crippen LogP contribution >= 0.6 is 0 Å². The van der Waals surface area contributed by atoms with Crippen molar-refractivity contribution >= 4 is 5.91 Å². The minimum Gasteiger partial charge on any atom is -0.396 e. The Balaban J connectivity index is 1.66. The number of aliphatic hydroxyl groups is 1. The topological polar surface area (TPSA) is 101 Å². The number of nitrogens with zero attached hydrogens (tertiary/aromatic N) is 3. The molecule has 1 aromatic heterocycles. The normalized spacial score (nSPS) is 29.3. The fourth-order valence-corrected chi connectivity index (χ4v) is 3.17. The molecule has 1 saturated heterocycles. The van der Waals surface area contributed by atoms with Crippen LogP contribution in [0.1, 0.15) is 29.4 Å². The number of ether oxygens (including phenoxy) is 1. The smallest absolute Gasteiger partial charge is 0.292 e. The zero-order valence-electron chi connectivity index (χ0n) is 12.0. The number of hydrogen-bond acceptors (Lipinski definition) is 7. The molecule has 21 heavy (non-hydrogen) atoms. The average molecular weight is 296 g/mol. The molecule has 0 aromatic carbocycles. The molecule has 2 N–H and O–H groups in total. The maximum absolute atomic E-state index is 11.4. The summed E-state index contributed by atoms with van der Waals surface area (Å²) in [5.41, 5.74) is 0. The van der Waals surface area contributed by atoms with Crippen LogP contribution in [0.15, 0.2) is 4.52 Å². The molecule has 1 amide bonds. The van der Waals surface area contributed by atoms with Crippen LogP contribution in [0.4, 0.5) is 0 Å². The van der Waals surface area contributed by atoms with E-state index in [0.29, 0.717) is 25.0 Å². The molecule has 2 fully saturated rings. The number of fused-ring (bicyclic) bond motifs is 1. The zero-order chi connectivity index (χ0) is 14.8. The van der Waals surface area contributed by atoms with E-state index in [-0.39, 0.29) is 30.5 Å². The van der Waals surface area contributed by atoms with Crippen LogP contribution < -0.4 is 5.32 Å². The second-order valence-corrected chi connectivity index (χ2v) is 5.56. The van der Waals surface area contributed by atoms with Crippen molar-refractivity contribution in [3.63, 3.8) is 0 Å². The summed E-state index contributed by atoms with van der Waals surface area (Å²) >= 11 is 0. The Labute approximate surface area is 122 Å². The number of rotatable bonds is 4. The van der Waals surface area contributed by atoms with E-state index in [0.717, 1.165) is 19.4 Å². The van der Waals surface area contributed by atoms with Crippen molar-refractivity contribution in [1.82, 2.24) is 20.4 Å². The highest BCUT2D eigenvalue weighted by Crippen LogP contribution is 2.34. The zero-order valence-corrected chi connectivity index (χ0v) is 12.0. The molecule has 0 bridgehead atoms. The van der Waals surface area contributed by atoms with Gasteiger partial charge in [-0.05, 0) is 18.8 Å². The van der Waals surface area contributed by atoms with Crippen molar-refractivity contribution < 1.29 is 19.2 Å². The third-order valence-electron chi connectivity index (χ3n) is 4.24. The average Bonchev–Trinajstić information content (AvgIpc) is 3.13. The van der Waals surface area contributed by atoms with Gasteiger partial charge >= 0.3 is 0 Å². The van der Waals surface area contributed by atoms with E-state index in [4.69, 9.17) is 9.26 Å². The number of carbonyl (C=O) groups excluding carboxylic acids is 1. The van der Waals surface area contributed by atoms with Gasteiger partial charge in [0.05, 0.1) is 19.3 Å². The van der Waals surface area contributed by atoms with Crippen molar-refractivity contribution in [1.29, 1.82) is 0 Å². The van der Waals surface area contributed by atoms with Gasteiger partial charge < -0.3 is 19.7 Å². The van der Waals surface area contributed by atoms with Crippen molar-refractivity contribution in [2.75, 3.05) is 26.8 Å². The molecule has 8 nitrogen and oxygen atoms in total. The lowest BCUT2D eigenvalue weighted by atomic mass is 10.1. The molecule has 1 saturated carbocycles. The van der Waals surface area contributed by atoms with Crippen LogP contribution in [0, 0.1) is 5.92 Å². The Hall–Kier alpha value is -1.51. The van der Waals surface area contributed by atoms with Crippen molar-refractivity contribution in [3.05, 3.63) is 11.7 Å². The number of aliphatic hydroxyl groups excluding tert-OH is 1. The van der Waals surface area contributed by atoms with E-state index in [9.17, 15) is 9.90 Å². The van der Waals surface area contributed by atoms with Gasteiger partial charge in [-0.3, -0.25) is 9.69 Å². The third kappa shape index (κ3) is 2.92. The third-order valence-corrected chi connectivity index (χ3v) is 4.24. The highest BCUT2D eigenvalue weighted by molar-refractivity contribution is 5.89. The Morgan fingerprint density at radius 2 is 2.38 bits per heavy atom. The van der Waals surface area contributed by atoms with Crippen LogP contribution in [0.2, 0.25) is 0 Å². The molecule has 1 aliphatic carbocycles. The Kier molecular flexibility index (Phi) is 4.18. The SMILES string of the molecule is CNC(=O)c1noc(CN2CCO[C@H]3C[C@H](CO)C[C@@H]32)n1. The van der Waals surface area contributed by atoms with Gasteiger partial charge in [0, 0.05) is 26.2 Å². The van der Waals surface area contributed by atoms with E-state index < -0.39 is 0 Å². The molecule has 1 aromatic rings. The molecule has 2 heterocycles. The first-order valence-electron chi connectivity index (χ1n) is 7.22. The first kappa shape index (κ1) is 14.4. The summed E-state index contributed by atoms with van der Waals surface area (Å²) in [6, 6.07) is 0.270. The fraction of sp³-hybridized carbons (Fsp3) is 0.769. The molecule has 8 heteroatoms. The van der Waals surface area contributed by atoms with Gasteiger partial charge in [-0.15, -0.1) is 0 Å². The minimum absolute atomic E-state index is 0.0527. The van der Waals surface area contributed by atoms with Gasteiger partial charge in [-0.25, -0.2) is 0 Å². The predicted octanol–water partition coefficient (Wildman–Crippen LogP) is -0.599. The predicted molar refractivity (Wildman–Crippen MR) is 71.4 cm³/mol. The largest absolute Gasteiger partial charge is 0.396 e. The number of carbonyl (C=O) groups is 1. The minimum atomic E-state index is -0.355. The molecule has 3 rings (SSSR count). The van der Waals surface area contributed by atoms with E-state index in [1.807, 2.05) is 0 Å². The summed E-state index contributed by atoms with van der Waals surface area (Å²) in [7, 11) is 1.53. The Morgan fingerprint density at radius 1 is 1.52 bits per heavy atom. The van der Waals surface area contributed by atoms with Gasteiger partial charge in [0.25, 0.3) is 11.7 Å². The lowest BCUT2D eigenvalue weighted by molar-refractivity contribution is -0.0617. The number of nitrogens with one attached hydrogen (secondary N) is 1.